The molecule has 1 aromatic carbocycles. The van der Waals surface area contributed by atoms with Gasteiger partial charge in [-0.15, -0.1) is 0 Å². The van der Waals surface area contributed by atoms with Crippen LogP contribution in [-0.2, 0) is 6.42 Å². The molecular formula is C15H24N2. The molecule has 1 saturated carbocycles. The number of hydrazine groups is 1. The molecule has 94 valence electrons. The van der Waals surface area contributed by atoms with Gasteiger partial charge in [-0.2, -0.15) is 0 Å². The highest BCUT2D eigenvalue weighted by molar-refractivity contribution is 5.21. The lowest BCUT2D eigenvalue weighted by Crippen LogP contribution is -2.40. The van der Waals surface area contributed by atoms with E-state index in [1.807, 2.05) is 0 Å². The molecule has 1 fully saturated rings. The van der Waals surface area contributed by atoms with E-state index >= 15 is 0 Å². The first-order valence-corrected chi connectivity index (χ1v) is 6.81. The molecule has 0 spiro atoms. The molecule has 2 heteroatoms. The van der Waals surface area contributed by atoms with Crippen LogP contribution >= 0.6 is 0 Å². The number of benzene rings is 1. The monoisotopic (exact) mass is 232 g/mol. The van der Waals surface area contributed by atoms with Crippen LogP contribution in [0.3, 0.4) is 0 Å². The second kappa shape index (κ2) is 6.18. The predicted octanol–water partition coefficient (Wildman–Crippen LogP) is 2.95. The van der Waals surface area contributed by atoms with Crippen LogP contribution in [-0.4, -0.2) is 6.04 Å². The molecule has 1 unspecified atom stereocenters. The zero-order chi connectivity index (χ0) is 12.1. The van der Waals surface area contributed by atoms with Gasteiger partial charge in [0.05, 0.1) is 0 Å². The quantitative estimate of drug-likeness (QED) is 0.605. The number of nitrogens with one attached hydrogen (secondary N) is 1. The number of nitrogens with two attached hydrogens (primary N) is 1. The van der Waals surface area contributed by atoms with Crippen LogP contribution in [0.15, 0.2) is 24.3 Å². The minimum atomic E-state index is 0.499. The van der Waals surface area contributed by atoms with E-state index in [4.69, 9.17) is 5.84 Å². The van der Waals surface area contributed by atoms with Crippen LogP contribution in [0.5, 0.6) is 0 Å². The minimum absolute atomic E-state index is 0.499. The fraction of sp³-hybridized carbons (Fsp3) is 0.600. The normalized spacial score (nSPS) is 18.5. The Morgan fingerprint density at radius 2 is 1.88 bits per heavy atom. The zero-order valence-corrected chi connectivity index (χ0v) is 10.8. The van der Waals surface area contributed by atoms with Crippen molar-refractivity contribution >= 4 is 0 Å². The summed E-state index contributed by atoms with van der Waals surface area (Å²) in [5, 5.41) is 0. The van der Waals surface area contributed by atoms with Gasteiger partial charge in [-0.05, 0) is 44.1 Å². The number of hydrogen-bond acceptors (Lipinski definition) is 2. The molecule has 0 heterocycles. The van der Waals surface area contributed by atoms with Crippen molar-refractivity contribution in [2.24, 2.45) is 11.8 Å². The number of hydrogen-bond donors (Lipinski definition) is 2. The van der Waals surface area contributed by atoms with E-state index in [1.165, 1.54) is 36.8 Å². The van der Waals surface area contributed by atoms with Crippen LogP contribution < -0.4 is 11.3 Å². The molecule has 0 aromatic heterocycles. The number of aryl methyl sites for hydroxylation is 2. The van der Waals surface area contributed by atoms with Crippen molar-refractivity contribution in [2.45, 2.75) is 51.5 Å². The second-order valence-corrected chi connectivity index (χ2v) is 5.34. The lowest BCUT2D eigenvalue weighted by molar-refractivity contribution is 0.345. The summed E-state index contributed by atoms with van der Waals surface area (Å²) in [5.74, 6) is 6.49. The van der Waals surface area contributed by atoms with Crippen LogP contribution in [0.4, 0.5) is 0 Å². The molecule has 17 heavy (non-hydrogen) atoms. The standard InChI is InChI=1S/C15H24N2/c1-12-6-8-13(9-7-12)10-11-15(17-16)14-4-2-3-5-14/h6-9,14-15,17H,2-5,10-11,16H2,1H3. The lowest BCUT2D eigenvalue weighted by Gasteiger charge is -2.22. The van der Waals surface area contributed by atoms with E-state index in [2.05, 4.69) is 36.6 Å². The summed E-state index contributed by atoms with van der Waals surface area (Å²) < 4.78 is 0. The van der Waals surface area contributed by atoms with Crippen molar-refractivity contribution in [3.8, 4) is 0 Å². The summed E-state index contributed by atoms with van der Waals surface area (Å²) in [7, 11) is 0. The van der Waals surface area contributed by atoms with Crippen molar-refractivity contribution in [1.29, 1.82) is 0 Å². The molecule has 1 aliphatic carbocycles. The Hall–Kier alpha value is -0.860. The van der Waals surface area contributed by atoms with Gasteiger partial charge in [0.1, 0.15) is 0 Å². The number of rotatable bonds is 5. The Balaban J connectivity index is 1.84. The van der Waals surface area contributed by atoms with E-state index in [-0.39, 0.29) is 0 Å². The summed E-state index contributed by atoms with van der Waals surface area (Å²) in [4.78, 5) is 0. The SMILES string of the molecule is Cc1ccc(CCC(NN)C2CCCC2)cc1. The molecule has 0 amide bonds. The molecule has 0 radical (unpaired) electrons. The summed E-state index contributed by atoms with van der Waals surface area (Å²) >= 11 is 0. The smallest absolute Gasteiger partial charge is 0.0241 e. The van der Waals surface area contributed by atoms with Crippen molar-refractivity contribution in [3.05, 3.63) is 35.4 Å². The molecule has 1 aromatic rings. The van der Waals surface area contributed by atoms with Crippen LogP contribution in [0.1, 0.15) is 43.2 Å². The second-order valence-electron chi connectivity index (χ2n) is 5.34. The van der Waals surface area contributed by atoms with Crippen molar-refractivity contribution in [3.63, 3.8) is 0 Å². The van der Waals surface area contributed by atoms with Gasteiger partial charge >= 0.3 is 0 Å². The predicted molar refractivity (Wildman–Crippen MR) is 72.6 cm³/mol. The highest BCUT2D eigenvalue weighted by Gasteiger charge is 2.23. The third kappa shape index (κ3) is 3.55. The fourth-order valence-electron chi connectivity index (χ4n) is 2.89. The van der Waals surface area contributed by atoms with Gasteiger partial charge in [0, 0.05) is 6.04 Å². The van der Waals surface area contributed by atoms with Crippen molar-refractivity contribution in [2.75, 3.05) is 0 Å². The largest absolute Gasteiger partial charge is 0.271 e. The molecule has 1 atom stereocenters. The third-order valence-electron chi connectivity index (χ3n) is 4.05. The average molecular weight is 232 g/mol. The average Bonchev–Trinajstić information content (AvgIpc) is 2.86. The summed E-state index contributed by atoms with van der Waals surface area (Å²) in [6.45, 7) is 2.13. The van der Waals surface area contributed by atoms with Crippen LogP contribution in [0.25, 0.3) is 0 Å². The highest BCUT2D eigenvalue weighted by Crippen LogP contribution is 2.29. The molecule has 3 N–H and O–H groups in total. The maximum absolute atomic E-state index is 5.69. The van der Waals surface area contributed by atoms with Crippen molar-refractivity contribution in [1.82, 2.24) is 5.43 Å². The molecule has 2 rings (SSSR count). The minimum Gasteiger partial charge on any atom is -0.271 e. The van der Waals surface area contributed by atoms with Crippen molar-refractivity contribution < 1.29 is 0 Å². The van der Waals surface area contributed by atoms with E-state index in [0.717, 1.165) is 18.8 Å². The molecule has 0 saturated heterocycles. The van der Waals surface area contributed by atoms with Gasteiger partial charge in [-0.3, -0.25) is 11.3 Å². The topological polar surface area (TPSA) is 38.0 Å². The van der Waals surface area contributed by atoms with E-state index in [9.17, 15) is 0 Å². The van der Waals surface area contributed by atoms with Crippen LogP contribution in [0.2, 0.25) is 0 Å². The van der Waals surface area contributed by atoms with Gasteiger partial charge in [0.15, 0.2) is 0 Å². The molecular weight excluding hydrogens is 208 g/mol. The highest BCUT2D eigenvalue weighted by atomic mass is 15.2. The summed E-state index contributed by atoms with van der Waals surface area (Å²) in [6.07, 6.45) is 7.75. The third-order valence-corrected chi connectivity index (χ3v) is 4.05. The van der Waals surface area contributed by atoms with Gasteiger partial charge < -0.3 is 0 Å². The first-order chi connectivity index (χ1) is 8.29. The first kappa shape index (κ1) is 12.6. The van der Waals surface area contributed by atoms with Gasteiger partial charge in [0.25, 0.3) is 0 Å². The summed E-state index contributed by atoms with van der Waals surface area (Å²) in [5.41, 5.74) is 5.78. The first-order valence-electron chi connectivity index (χ1n) is 6.81. The van der Waals surface area contributed by atoms with Gasteiger partial charge in [-0.25, -0.2) is 0 Å². The van der Waals surface area contributed by atoms with Gasteiger partial charge in [-0.1, -0.05) is 42.7 Å². The zero-order valence-electron chi connectivity index (χ0n) is 10.8. The van der Waals surface area contributed by atoms with Crippen LogP contribution in [0, 0.1) is 12.8 Å². The van der Waals surface area contributed by atoms with E-state index < -0.39 is 0 Å². The maximum Gasteiger partial charge on any atom is 0.0241 e. The lowest BCUT2D eigenvalue weighted by atomic mass is 9.93. The fourth-order valence-corrected chi connectivity index (χ4v) is 2.89. The Morgan fingerprint density at radius 1 is 1.24 bits per heavy atom. The Labute approximate surface area is 105 Å². The summed E-state index contributed by atoms with van der Waals surface area (Å²) in [6, 6.07) is 9.35. The van der Waals surface area contributed by atoms with Gasteiger partial charge in [0.2, 0.25) is 0 Å². The molecule has 1 aliphatic rings. The molecule has 0 bridgehead atoms. The van der Waals surface area contributed by atoms with E-state index in [1.54, 1.807) is 0 Å². The van der Waals surface area contributed by atoms with E-state index in [0.29, 0.717) is 6.04 Å². The molecule has 0 aliphatic heterocycles. The Bertz CT molecular complexity index is 325. The molecule has 2 nitrogen and oxygen atoms in total. The Kier molecular flexibility index (Phi) is 4.57. The maximum atomic E-state index is 5.69. The Morgan fingerprint density at radius 3 is 2.47 bits per heavy atom.